The first kappa shape index (κ1) is 13.0. The number of nitro groups is 1. The summed E-state index contributed by atoms with van der Waals surface area (Å²) >= 11 is 0. The van der Waals surface area contributed by atoms with Crippen molar-refractivity contribution in [1.29, 1.82) is 0 Å². The second-order valence-electron chi connectivity index (χ2n) is 4.13. The summed E-state index contributed by atoms with van der Waals surface area (Å²) in [5, 5.41) is 19.5. The molecule has 0 fully saturated rings. The van der Waals surface area contributed by atoms with Gasteiger partial charge in [0.2, 0.25) is 0 Å². The first-order valence-corrected chi connectivity index (χ1v) is 5.60. The predicted octanol–water partition coefficient (Wildman–Crippen LogP) is 2.50. The zero-order valence-corrected chi connectivity index (χ0v) is 9.88. The van der Waals surface area contributed by atoms with Crippen molar-refractivity contribution in [2.45, 2.75) is 6.42 Å². The van der Waals surface area contributed by atoms with Crippen LogP contribution in [0.3, 0.4) is 0 Å². The van der Waals surface area contributed by atoms with Gasteiger partial charge in [0.25, 0.3) is 5.69 Å². The number of amides is 1. The summed E-state index contributed by atoms with van der Waals surface area (Å²) in [7, 11) is 0. The van der Waals surface area contributed by atoms with Crippen LogP contribution in [0.15, 0.2) is 24.3 Å². The maximum atomic E-state index is 13.7. The molecule has 6 nitrogen and oxygen atoms in total. The Balaban J connectivity index is 2.30. The smallest absolute Gasteiger partial charge is 0.407 e. The van der Waals surface area contributed by atoms with E-state index in [2.05, 4.69) is 0 Å². The van der Waals surface area contributed by atoms with Crippen LogP contribution in [0.2, 0.25) is 0 Å². The maximum absolute atomic E-state index is 13.7. The highest BCUT2D eigenvalue weighted by atomic mass is 19.1. The first-order chi connectivity index (χ1) is 8.99. The van der Waals surface area contributed by atoms with Crippen LogP contribution >= 0.6 is 0 Å². The van der Waals surface area contributed by atoms with Crippen LogP contribution in [0.25, 0.3) is 5.57 Å². The molecule has 1 amide bonds. The van der Waals surface area contributed by atoms with Crippen LogP contribution < -0.4 is 0 Å². The molecule has 0 saturated heterocycles. The number of hydrogen-bond donors (Lipinski definition) is 1. The fraction of sp³-hybridized carbons (Fsp3) is 0.250. The summed E-state index contributed by atoms with van der Waals surface area (Å²) in [6.45, 7) is 0.413. The third-order valence-electron chi connectivity index (χ3n) is 2.99. The van der Waals surface area contributed by atoms with Crippen molar-refractivity contribution < 1.29 is 19.2 Å². The van der Waals surface area contributed by atoms with Crippen molar-refractivity contribution in [1.82, 2.24) is 4.90 Å². The molecule has 0 aliphatic carbocycles. The molecule has 1 aliphatic heterocycles. The Bertz CT molecular complexity index is 571. The molecule has 1 aliphatic rings. The molecule has 1 aromatic rings. The minimum Gasteiger partial charge on any atom is -0.465 e. The van der Waals surface area contributed by atoms with Gasteiger partial charge in [-0.15, -0.1) is 0 Å². The average molecular weight is 266 g/mol. The van der Waals surface area contributed by atoms with Crippen molar-refractivity contribution in [2.24, 2.45) is 0 Å². The monoisotopic (exact) mass is 266 g/mol. The number of nitro benzene ring substituents is 1. The fourth-order valence-corrected chi connectivity index (χ4v) is 1.96. The van der Waals surface area contributed by atoms with Gasteiger partial charge in [-0.2, -0.15) is 0 Å². The highest BCUT2D eigenvalue weighted by Gasteiger charge is 2.20. The van der Waals surface area contributed by atoms with Crippen molar-refractivity contribution in [3.05, 3.63) is 45.8 Å². The van der Waals surface area contributed by atoms with Gasteiger partial charge < -0.3 is 10.0 Å². The van der Waals surface area contributed by atoms with E-state index < -0.39 is 16.8 Å². The van der Waals surface area contributed by atoms with E-state index in [1.54, 1.807) is 6.08 Å². The van der Waals surface area contributed by atoms with Gasteiger partial charge in [0, 0.05) is 30.8 Å². The maximum Gasteiger partial charge on any atom is 0.407 e. The van der Waals surface area contributed by atoms with Crippen molar-refractivity contribution >= 4 is 17.4 Å². The third-order valence-corrected chi connectivity index (χ3v) is 2.99. The molecule has 1 N–H and O–H groups in total. The third kappa shape index (κ3) is 2.70. The number of benzene rings is 1. The summed E-state index contributed by atoms with van der Waals surface area (Å²) in [6, 6.07) is 3.33. The van der Waals surface area contributed by atoms with E-state index in [0.717, 1.165) is 12.1 Å². The molecule has 0 atom stereocenters. The van der Waals surface area contributed by atoms with Gasteiger partial charge in [-0.25, -0.2) is 9.18 Å². The Morgan fingerprint density at radius 2 is 2.21 bits per heavy atom. The molecule has 2 rings (SSSR count). The fourth-order valence-electron chi connectivity index (χ4n) is 1.96. The van der Waals surface area contributed by atoms with E-state index in [4.69, 9.17) is 5.11 Å². The molecule has 19 heavy (non-hydrogen) atoms. The number of rotatable bonds is 2. The van der Waals surface area contributed by atoms with E-state index >= 15 is 0 Å². The molecule has 0 saturated carbocycles. The number of hydrogen-bond acceptors (Lipinski definition) is 3. The molecule has 0 bridgehead atoms. The highest BCUT2D eigenvalue weighted by molar-refractivity contribution is 5.72. The summed E-state index contributed by atoms with van der Waals surface area (Å²) < 4.78 is 13.7. The number of carbonyl (C=O) groups is 1. The summed E-state index contributed by atoms with van der Waals surface area (Å²) in [4.78, 5) is 22.0. The molecular formula is C12H11FN2O4. The molecule has 1 heterocycles. The normalized spacial score (nSPS) is 15.0. The molecule has 0 unspecified atom stereocenters. The van der Waals surface area contributed by atoms with Crippen LogP contribution in [0.1, 0.15) is 12.0 Å². The first-order valence-electron chi connectivity index (χ1n) is 5.60. The van der Waals surface area contributed by atoms with Crippen LogP contribution in [0, 0.1) is 15.9 Å². The number of carboxylic acid groups (broad SMARTS) is 1. The Morgan fingerprint density at radius 3 is 2.74 bits per heavy atom. The van der Waals surface area contributed by atoms with Gasteiger partial charge in [0.15, 0.2) is 0 Å². The van der Waals surface area contributed by atoms with Gasteiger partial charge in [-0.05, 0) is 18.1 Å². The van der Waals surface area contributed by atoms with Crippen LogP contribution in [0.4, 0.5) is 14.9 Å². The number of nitrogens with zero attached hydrogens (tertiary/aromatic N) is 2. The zero-order valence-electron chi connectivity index (χ0n) is 9.88. The van der Waals surface area contributed by atoms with E-state index in [1.165, 1.54) is 11.0 Å². The Kier molecular flexibility index (Phi) is 3.46. The second-order valence-corrected chi connectivity index (χ2v) is 4.13. The lowest BCUT2D eigenvalue weighted by molar-refractivity contribution is -0.384. The molecular weight excluding hydrogens is 255 g/mol. The Hall–Kier alpha value is -2.44. The van der Waals surface area contributed by atoms with E-state index in [1.807, 2.05) is 0 Å². The minimum atomic E-state index is -1.03. The Morgan fingerprint density at radius 1 is 1.47 bits per heavy atom. The Labute approximate surface area is 107 Å². The number of non-ortho nitro benzene ring substituents is 1. The molecule has 1 aromatic carbocycles. The second kappa shape index (κ2) is 5.05. The molecule has 0 aromatic heterocycles. The number of halogens is 1. The van der Waals surface area contributed by atoms with Crippen LogP contribution in [0.5, 0.6) is 0 Å². The van der Waals surface area contributed by atoms with Crippen molar-refractivity contribution in [3.8, 4) is 0 Å². The summed E-state index contributed by atoms with van der Waals surface area (Å²) in [5.74, 6) is -0.541. The van der Waals surface area contributed by atoms with Gasteiger partial charge >= 0.3 is 6.09 Å². The van der Waals surface area contributed by atoms with Gasteiger partial charge in [-0.3, -0.25) is 10.1 Å². The van der Waals surface area contributed by atoms with Crippen LogP contribution in [-0.4, -0.2) is 34.1 Å². The quantitative estimate of drug-likeness (QED) is 0.658. The van der Waals surface area contributed by atoms with E-state index in [0.29, 0.717) is 12.0 Å². The molecule has 0 spiro atoms. The lowest BCUT2D eigenvalue weighted by Crippen LogP contribution is -2.33. The SMILES string of the molecule is O=C(O)N1CC=C(c2cc([N+](=O)[O-])ccc2F)CC1. The largest absolute Gasteiger partial charge is 0.465 e. The van der Waals surface area contributed by atoms with Crippen molar-refractivity contribution in [3.63, 3.8) is 0 Å². The van der Waals surface area contributed by atoms with Gasteiger partial charge in [-0.1, -0.05) is 6.08 Å². The molecule has 7 heteroatoms. The lowest BCUT2D eigenvalue weighted by atomic mass is 9.98. The van der Waals surface area contributed by atoms with E-state index in [-0.39, 0.29) is 24.3 Å². The molecule has 0 radical (unpaired) electrons. The summed E-state index contributed by atoms with van der Waals surface area (Å²) in [5.41, 5.74) is 0.580. The zero-order chi connectivity index (χ0) is 14.0. The minimum absolute atomic E-state index is 0.160. The lowest BCUT2D eigenvalue weighted by Gasteiger charge is -2.23. The van der Waals surface area contributed by atoms with Crippen molar-refractivity contribution in [2.75, 3.05) is 13.1 Å². The summed E-state index contributed by atoms with van der Waals surface area (Å²) in [6.07, 6.45) is 0.888. The predicted molar refractivity (Wildman–Crippen MR) is 65.2 cm³/mol. The van der Waals surface area contributed by atoms with Crippen LogP contribution in [-0.2, 0) is 0 Å². The van der Waals surface area contributed by atoms with Gasteiger partial charge in [0.1, 0.15) is 5.82 Å². The standard InChI is InChI=1S/C12H11FN2O4/c13-11-2-1-9(15(18)19)7-10(11)8-3-5-14(6-4-8)12(16)17/h1-3,7H,4-6H2,(H,16,17). The van der Waals surface area contributed by atoms with E-state index in [9.17, 15) is 19.3 Å². The highest BCUT2D eigenvalue weighted by Crippen LogP contribution is 2.27. The van der Waals surface area contributed by atoms with Gasteiger partial charge in [0.05, 0.1) is 4.92 Å². The molecule has 100 valence electrons. The average Bonchev–Trinajstić information content (AvgIpc) is 2.39. The topological polar surface area (TPSA) is 83.7 Å².